The van der Waals surface area contributed by atoms with Crippen molar-refractivity contribution < 1.29 is 15.7 Å². The number of carbonyl (C=O) groups is 1. The molecule has 4 heteroatoms. The summed E-state index contributed by atoms with van der Waals surface area (Å²) in [7, 11) is 0. The summed E-state index contributed by atoms with van der Waals surface area (Å²) in [6.45, 7) is 10.1. The second-order valence-corrected chi connectivity index (χ2v) is 3.23. The Morgan fingerprint density at radius 2 is 1.76 bits per heavy atom. The fourth-order valence-electron chi connectivity index (χ4n) is 0.846. The number of rotatable bonds is 9. The molecule has 0 fully saturated rings. The first-order valence-corrected chi connectivity index (χ1v) is 6.10. The highest BCUT2D eigenvalue weighted by Crippen LogP contribution is 2.01. The smallest absolute Gasteiger partial charge is 0.161 e. The minimum absolute atomic E-state index is 0. The second kappa shape index (κ2) is 17.9. The SMILES string of the molecule is C.CC.CCC(C)C(=O)COCCOCCN.[HH]. The molecule has 4 nitrogen and oxygen atoms in total. The summed E-state index contributed by atoms with van der Waals surface area (Å²) in [6, 6.07) is 0. The van der Waals surface area contributed by atoms with Crippen LogP contribution < -0.4 is 5.73 Å². The molecule has 0 aromatic rings. The van der Waals surface area contributed by atoms with Crippen LogP contribution in [0.25, 0.3) is 0 Å². The van der Waals surface area contributed by atoms with Gasteiger partial charge in [0.15, 0.2) is 5.78 Å². The van der Waals surface area contributed by atoms with Crippen molar-refractivity contribution in [2.75, 3.05) is 33.0 Å². The molecule has 0 heterocycles. The molecule has 1 unspecified atom stereocenters. The highest BCUT2D eigenvalue weighted by atomic mass is 16.5. The van der Waals surface area contributed by atoms with Crippen molar-refractivity contribution in [3.05, 3.63) is 0 Å². The summed E-state index contributed by atoms with van der Waals surface area (Å²) >= 11 is 0. The van der Waals surface area contributed by atoms with Crippen molar-refractivity contribution in [2.45, 2.75) is 41.5 Å². The minimum atomic E-state index is 0. The lowest BCUT2D eigenvalue weighted by atomic mass is 10.1. The van der Waals surface area contributed by atoms with Gasteiger partial charge in [-0.25, -0.2) is 0 Å². The van der Waals surface area contributed by atoms with E-state index in [9.17, 15) is 4.79 Å². The Morgan fingerprint density at radius 3 is 2.24 bits per heavy atom. The zero-order chi connectivity index (χ0) is 12.8. The summed E-state index contributed by atoms with van der Waals surface area (Å²) in [5.41, 5.74) is 5.23. The Morgan fingerprint density at radius 1 is 1.24 bits per heavy atom. The Hall–Kier alpha value is -0.450. The first-order chi connectivity index (χ1) is 7.72. The third-order valence-corrected chi connectivity index (χ3v) is 2.04. The molecule has 1 atom stereocenters. The predicted octanol–water partition coefficient (Wildman–Crippen LogP) is 2.50. The third kappa shape index (κ3) is 15.5. The zero-order valence-electron chi connectivity index (χ0n) is 11.1. The summed E-state index contributed by atoms with van der Waals surface area (Å²) in [5.74, 6) is 0.256. The fourth-order valence-corrected chi connectivity index (χ4v) is 0.846. The van der Waals surface area contributed by atoms with Crippen LogP contribution in [0.3, 0.4) is 0 Å². The van der Waals surface area contributed by atoms with Gasteiger partial charge < -0.3 is 15.2 Å². The van der Waals surface area contributed by atoms with Crippen molar-refractivity contribution >= 4 is 5.78 Å². The topological polar surface area (TPSA) is 61.5 Å². The number of nitrogens with two attached hydrogens (primary N) is 1. The van der Waals surface area contributed by atoms with Crippen LogP contribution in [0.2, 0.25) is 0 Å². The Kier molecular flexibility index (Phi) is 23.0. The van der Waals surface area contributed by atoms with Crippen molar-refractivity contribution in [1.82, 2.24) is 0 Å². The maximum absolute atomic E-state index is 11.3. The molecule has 108 valence electrons. The minimum Gasteiger partial charge on any atom is -0.378 e. The van der Waals surface area contributed by atoms with E-state index in [2.05, 4.69) is 0 Å². The van der Waals surface area contributed by atoms with Crippen molar-refractivity contribution in [1.29, 1.82) is 0 Å². The molecule has 0 aromatic heterocycles. The first-order valence-electron chi connectivity index (χ1n) is 6.10. The van der Waals surface area contributed by atoms with E-state index in [-0.39, 0.29) is 27.2 Å². The highest BCUT2D eigenvalue weighted by molar-refractivity contribution is 5.81. The van der Waals surface area contributed by atoms with Gasteiger partial charge in [-0.15, -0.1) is 0 Å². The van der Waals surface area contributed by atoms with E-state index in [0.717, 1.165) is 6.42 Å². The van der Waals surface area contributed by atoms with E-state index in [0.29, 0.717) is 26.4 Å². The van der Waals surface area contributed by atoms with E-state index >= 15 is 0 Å². The van der Waals surface area contributed by atoms with Crippen molar-refractivity contribution in [3.8, 4) is 0 Å². The molecule has 0 aromatic carbocycles. The van der Waals surface area contributed by atoms with Gasteiger partial charge in [0.1, 0.15) is 6.61 Å². The van der Waals surface area contributed by atoms with Crippen LogP contribution in [-0.4, -0.2) is 38.8 Å². The molecule has 0 aliphatic heterocycles. The van der Waals surface area contributed by atoms with Gasteiger partial charge in [0, 0.05) is 13.9 Å². The fraction of sp³-hybridized carbons (Fsp3) is 0.923. The van der Waals surface area contributed by atoms with Crippen LogP contribution in [-0.2, 0) is 14.3 Å². The summed E-state index contributed by atoms with van der Waals surface area (Å²) in [4.78, 5) is 11.3. The molecule has 0 rings (SSSR count). The average molecular weight is 251 g/mol. The van der Waals surface area contributed by atoms with E-state index in [1.54, 1.807) is 0 Å². The monoisotopic (exact) mass is 251 g/mol. The van der Waals surface area contributed by atoms with Crippen LogP contribution in [0.15, 0.2) is 0 Å². The van der Waals surface area contributed by atoms with Crippen LogP contribution >= 0.6 is 0 Å². The van der Waals surface area contributed by atoms with Crippen LogP contribution in [0.4, 0.5) is 0 Å². The number of ether oxygens (including phenoxy) is 2. The lowest BCUT2D eigenvalue weighted by Crippen LogP contribution is -2.19. The Labute approximate surface area is 108 Å². The van der Waals surface area contributed by atoms with E-state index in [1.807, 2.05) is 27.7 Å². The molecule has 0 aliphatic rings. The van der Waals surface area contributed by atoms with Gasteiger partial charge in [0.2, 0.25) is 0 Å². The van der Waals surface area contributed by atoms with E-state index < -0.39 is 0 Å². The molecule has 0 saturated heterocycles. The molecule has 0 aliphatic carbocycles. The van der Waals surface area contributed by atoms with Gasteiger partial charge >= 0.3 is 0 Å². The maximum Gasteiger partial charge on any atom is 0.161 e. The van der Waals surface area contributed by atoms with Crippen LogP contribution in [0.5, 0.6) is 0 Å². The zero-order valence-corrected chi connectivity index (χ0v) is 11.1. The molecular weight excluding hydrogens is 218 g/mol. The molecule has 0 bridgehead atoms. The summed E-state index contributed by atoms with van der Waals surface area (Å²) in [6.07, 6.45) is 0.867. The third-order valence-electron chi connectivity index (χ3n) is 2.04. The van der Waals surface area contributed by atoms with Crippen molar-refractivity contribution in [3.63, 3.8) is 0 Å². The lowest BCUT2D eigenvalue weighted by molar-refractivity contribution is -0.127. The molecule has 0 amide bonds. The number of ketones is 1. The molecule has 0 saturated carbocycles. The number of Topliss-reactive ketones (excluding diaryl/α,β-unsaturated/α-hetero) is 1. The summed E-state index contributed by atoms with van der Waals surface area (Å²) < 4.78 is 10.2. The van der Waals surface area contributed by atoms with Crippen LogP contribution in [0.1, 0.15) is 43.0 Å². The normalized spacial score (nSPS) is 10.9. The first kappa shape index (κ1) is 21.8. The van der Waals surface area contributed by atoms with Gasteiger partial charge in [-0.3, -0.25) is 4.79 Å². The average Bonchev–Trinajstić information content (AvgIpc) is 2.34. The molecule has 0 spiro atoms. The molecular formula is C13H33NO3. The molecule has 17 heavy (non-hydrogen) atoms. The predicted molar refractivity (Wildman–Crippen MR) is 75.3 cm³/mol. The van der Waals surface area contributed by atoms with E-state index in [1.165, 1.54) is 0 Å². The number of carbonyl (C=O) groups excluding carboxylic acids is 1. The van der Waals surface area contributed by atoms with Gasteiger partial charge in [-0.2, -0.15) is 0 Å². The van der Waals surface area contributed by atoms with E-state index in [4.69, 9.17) is 15.2 Å². The molecule has 0 radical (unpaired) electrons. The maximum atomic E-state index is 11.3. The Bertz CT molecular complexity index is 157. The standard InChI is InChI=1S/C10H21NO3.C2H6.CH4.H2/c1-3-9(2)10(12)8-14-7-6-13-5-4-11;1-2;;/h9H,3-8,11H2,1-2H3;1-2H3;1H4;1H. The summed E-state index contributed by atoms with van der Waals surface area (Å²) in [5, 5.41) is 0. The lowest BCUT2D eigenvalue weighted by Gasteiger charge is -2.08. The quantitative estimate of drug-likeness (QED) is 0.640. The van der Waals surface area contributed by atoms with Gasteiger partial charge in [0.05, 0.1) is 19.8 Å². The second-order valence-electron chi connectivity index (χ2n) is 3.23. The van der Waals surface area contributed by atoms with Gasteiger partial charge in [0.25, 0.3) is 0 Å². The van der Waals surface area contributed by atoms with Crippen molar-refractivity contribution in [2.24, 2.45) is 11.7 Å². The number of hydrogen-bond donors (Lipinski definition) is 1. The van der Waals surface area contributed by atoms with Gasteiger partial charge in [-0.1, -0.05) is 35.1 Å². The molecule has 2 N–H and O–H groups in total. The van der Waals surface area contributed by atoms with Gasteiger partial charge in [-0.05, 0) is 6.42 Å². The van der Waals surface area contributed by atoms with Crippen LogP contribution in [0, 0.1) is 5.92 Å². The highest BCUT2D eigenvalue weighted by Gasteiger charge is 2.09. The Balaban J connectivity index is -0.000000232. The largest absolute Gasteiger partial charge is 0.378 e. The number of hydrogen-bond acceptors (Lipinski definition) is 4.